The third-order valence-electron chi connectivity index (χ3n) is 2.01. The van der Waals surface area contributed by atoms with E-state index >= 15 is 0 Å². The highest BCUT2D eigenvalue weighted by atomic mass is 79.9. The fraction of sp³-hybridized carbons (Fsp3) is 0.200. The Hall–Kier alpha value is -1.16. The van der Waals surface area contributed by atoms with Crippen molar-refractivity contribution in [3.63, 3.8) is 0 Å². The molecule has 1 aromatic heterocycles. The summed E-state index contributed by atoms with van der Waals surface area (Å²) in [6.45, 7) is 1.92. The van der Waals surface area contributed by atoms with E-state index in [0.717, 1.165) is 5.52 Å². The van der Waals surface area contributed by atoms with Crippen molar-refractivity contribution in [3.8, 4) is 0 Å². The van der Waals surface area contributed by atoms with Gasteiger partial charge >= 0.3 is 0 Å². The van der Waals surface area contributed by atoms with Crippen LogP contribution in [0.3, 0.4) is 0 Å². The van der Waals surface area contributed by atoms with Gasteiger partial charge in [-0.15, -0.1) is 0 Å². The highest BCUT2D eigenvalue weighted by Crippen LogP contribution is 2.17. The van der Waals surface area contributed by atoms with E-state index in [-0.39, 0.29) is 10.4 Å². The SMILES string of the molecule is C[C@H](Br)c1nc2ccccc2c(=O)[nH]1. The van der Waals surface area contributed by atoms with Crippen LogP contribution in [0, 0.1) is 0 Å². The summed E-state index contributed by atoms with van der Waals surface area (Å²) in [6, 6.07) is 7.31. The summed E-state index contributed by atoms with van der Waals surface area (Å²) >= 11 is 3.37. The van der Waals surface area contributed by atoms with Crippen molar-refractivity contribution in [1.82, 2.24) is 9.97 Å². The lowest BCUT2D eigenvalue weighted by Crippen LogP contribution is -2.11. The number of nitrogens with zero attached hydrogens (tertiary/aromatic N) is 1. The van der Waals surface area contributed by atoms with Gasteiger partial charge in [-0.2, -0.15) is 0 Å². The zero-order valence-electron chi connectivity index (χ0n) is 7.62. The molecule has 0 fully saturated rings. The van der Waals surface area contributed by atoms with Gasteiger partial charge in [0.2, 0.25) is 0 Å². The first-order valence-corrected chi connectivity index (χ1v) is 5.23. The second kappa shape index (κ2) is 3.53. The molecule has 1 N–H and O–H groups in total. The number of benzene rings is 1. The molecule has 2 rings (SSSR count). The fourth-order valence-electron chi connectivity index (χ4n) is 1.29. The quantitative estimate of drug-likeness (QED) is 0.793. The molecular weight excluding hydrogens is 244 g/mol. The van der Waals surface area contributed by atoms with E-state index in [1.165, 1.54) is 0 Å². The normalized spacial score (nSPS) is 13.0. The smallest absolute Gasteiger partial charge is 0.258 e. The molecular formula is C10H9BrN2O. The summed E-state index contributed by atoms with van der Waals surface area (Å²) in [5.74, 6) is 0.661. The highest BCUT2D eigenvalue weighted by Gasteiger charge is 2.06. The minimum absolute atomic E-state index is 0.0554. The first kappa shape index (κ1) is 9.40. The van der Waals surface area contributed by atoms with E-state index in [1.807, 2.05) is 25.1 Å². The van der Waals surface area contributed by atoms with Crippen LogP contribution in [0.4, 0.5) is 0 Å². The maximum atomic E-state index is 11.6. The number of nitrogens with one attached hydrogen (secondary N) is 1. The van der Waals surface area contributed by atoms with Gasteiger partial charge in [-0.05, 0) is 19.1 Å². The van der Waals surface area contributed by atoms with Crippen LogP contribution >= 0.6 is 15.9 Å². The molecule has 0 aliphatic heterocycles. The molecule has 3 nitrogen and oxygen atoms in total. The summed E-state index contributed by atoms with van der Waals surface area (Å²) in [6.07, 6.45) is 0. The Morgan fingerprint density at radius 3 is 2.86 bits per heavy atom. The molecule has 2 aromatic rings. The largest absolute Gasteiger partial charge is 0.309 e. The summed E-state index contributed by atoms with van der Waals surface area (Å²) in [5.41, 5.74) is 0.648. The average Bonchev–Trinajstić information content (AvgIpc) is 2.17. The Morgan fingerprint density at radius 1 is 1.43 bits per heavy atom. The fourth-order valence-corrected chi connectivity index (χ4v) is 1.51. The van der Waals surface area contributed by atoms with Gasteiger partial charge < -0.3 is 4.98 Å². The van der Waals surface area contributed by atoms with Gasteiger partial charge in [0.1, 0.15) is 5.82 Å². The lowest BCUT2D eigenvalue weighted by molar-refractivity contribution is 0.936. The van der Waals surface area contributed by atoms with Crippen LogP contribution in [0.25, 0.3) is 10.9 Å². The maximum absolute atomic E-state index is 11.6. The second-order valence-electron chi connectivity index (χ2n) is 3.08. The van der Waals surface area contributed by atoms with Crippen LogP contribution in [0.2, 0.25) is 0 Å². The van der Waals surface area contributed by atoms with E-state index in [1.54, 1.807) is 6.07 Å². The third kappa shape index (κ3) is 1.57. The van der Waals surface area contributed by atoms with Gasteiger partial charge in [0.15, 0.2) is 0 Å². The van der Waals surface area contributed by atoms with Crippen molar-refractivity contribution in [2.75, 3.05) is 0 Å². The number of alkyl halides is 1. The molecule has 0 bridgehead atoms. The number of rotatable bonds is 1. The first-order chi connectivity index (χ1) is 6.68. The molecule has 0 amide bonds. The van der Waals surface area contributed by atoms with Crippen molar-refractivity contribution >= 4 is 26.8 Å². The monoisotopic (exact) mass is 252 g/mol. The number of fused-ring (bicyclic) bond motifs is 1. The molecule has 1 atom stereocenters. The van der Waals surface area contributed by atoms with Crippen LogP contribution in [0.15, 0.2) is 29.1 Å². The third-order valence-corrected chi connectivity index (χ3v) is 2.44. The molecule has 1 aromatic carbocycles. The number of hydrogen-bond donors (Lipinski definition) is 1. The summed E-state index contributed by atoms with van der Waals surface area (Å²) in [5, 5.41) is 0.629. The van der Waals surface area contributed by atoms with Crippen LogP contribution in [0.5, 0.6) is 0 Å². The van der Waals surface area contributed by atoms with Crippen LogP contribution in [-0.2, 0) is 0 Å². The zero-order chi connectivity index (χ0) is 10.1. The molecule has 0 aliphatic carbocycles. The predicted molar refractivity (Wildman–Crippen MR) is 59.7 cm³/mol. The van der Waals surface area contributed by atoms with Crippen LogP contribution in [0.1, 0.15) is 17.6 Å². The van der Waals surface area contributed by atoms with Crippen molar-refractivity contribution in [2.24, 2.45) is 0 Å². The van der Waals surface area contributed by atoms with Gasteiger partial charge in [0.25, 0.3) is 5.56 Å². The van der Waals surface area contributed by atoms with Gasteiger partial charge in [-0.25, -0.2) is 4.98 Å². The number of hydrogen-bond acceptors (Lipinski definition) is 2. The predicted octanol–water partition coefficient (Wildman–Crippen LogP) is 2.38. The molecule has 4 heteroatoms. The number of para-hydroxylation sites is 1. The van der Waals surface area contributed by atoms with Gasteiger partial charge in [-0.3, -0.25) is 4.79 Å². The molecule has 14 heavy (non-hydrogen) atoms. The van der Waals surface area contributed by atoms with E-state index in [9.17, 15) is 4.79 Å². The molecule has 1 heterocycles. The summed E-state index contributed by atoms with van der Waals surface area (Å²) in [7, 11) is 0. The summed E-state index contributed by atoms with van der Waals surface area (Å²) < 4.78 is 0. The lowest BCUT2D eigenvalue weighted by Gasteiger charge is -2.03. The van der Waals surface area contributed by atoms with Crippen molar-refractivity contribution in [2.45, 2.75) is 11.8 Å². The highest BCUT2D eigenvalue weighted by molar-refractivity contribution is 9.09. The van der Waals surface area contributed by atoms with Crippen LogP contribution in [-0.4, -0.2) is 9.97 Å². The standard InChI is InChI=1S/C10H9BrN2O/c1-6(11)9-12-8-5-3-2-4-7(8)10(14)13-9/h2-6H,1H3,(H,12,13,14)/t6-/m0/s1. The first-order valence-electron chi connectivity index (χ1n) is 4.31. The Morgan fingerprint density at radius 2 is 2.14 bits per heavy atom. The van der Waals surface area contributed by atoms with E-state index in [2.05, 4.69) is 25.9 Å². The number of aromatic amines is 1. The minimum atomic E-state index is -0.0862. The van der Waals surface area contributed by atoms with E-state index in [0.29, 0.717) is 11.2 Å². The number of halogens is 1. The molecule has 0 saturated heterocycles. The zero-order valence-corrected chi connectivity index (χ0v) is 9.21. The molecule has 0 spiro atoms. The number of H-pyrrole nitrogens is 1. The van der Waals surface area contributed by atoms with E-state index in [4.69, 9.17) is 0 Å². The van der Waals surface area contributed by atoms with Gasteiger partial charge in [0.05, 0.1) is 15.7 Å². The second-order valence-corrected chi connectivity index (χ2v) is 4.46. The van der Waals surface area contributed by atoms with Gasteiger partial charge in [-0.1, -0.05) is 28.1 Å². The molecule has 0 unspecified atom stereocenters. The topological polar surface area (TPSA) is 45.8 Å². The van der Waals surface area contributed by atoms with Crippen molar-refractivity contribution in [1.29, 1.82) is 0 Å². The minimum Gasteiger partial charge on any atom is -0.309 e. The average molecular weight is 253 g/mol. The Bertz CT molecular complexity index is 519. The molecule has 0 aliphatic rings. The molecule has 0 saturated carbocycles. The van der Waals surface area contributed by atoms with Gasteiger partial charge in [0, 0.05) is 0 Å². The Balaban J connectivity index is 2.79. The Labute approximate surface area is 89.3 Å². The van der Waals surface area contributed by atoms with Crippen molar-refractivity contribution < 1.29 is 0 Å². The van der Waals surface area contributed by atoms with Crippen molar-refractivity contribution in [3.05, 3.63) is 40.4 Å². The Kier molecular flexibility index (Phi) is 2.37. The molecule has 72 valence electrons. The lowest BCUT2D eigenvalue weighted by atomic mass is 10.2. The molecule has 0 radical (unpaired) electrons. The summed E-state index contributed by atoms with van der Waals surface area (Å²) in [4.78, 5) is 18.7. The number of aromatic nitrogens is 2. The van der Waals surface area contributed by atoms with Crippen LogP contribution < -0.4 is 5.56 Å². The maximum Gasteiger partial charge on any atom is 0.258 e. The van der Waals surface area contributed by atoms with E-state index < -0.39 is 0 Å².